The molecule has 100 valence electrons. The summed E-state index contributed by atoms with van der Waals surface area (Å²) in [5, 5.41) is 3.12. The van der Waals surface area contributed by atoms with Gasteiger partial charge in [-0.25, -0.2) is 9.52 Å². The number of likely N-dealkylation sites (N-methyl/N-ethyl adjacent to an activating group) is 1. The molecule has 2 N–H and O–H groups in total. The van der Waals surface area contributed by atoms with Crippen molar-refractivity contribution < 1.29 is 17.9 Å². The van der Waals surface area contributed by atoms with Gasteiger partial charge in [-0.15, -0.1) is 0 Å². The zero-order chi connectivity index (χ0) is 12.9. The van der Waals surface area contributed by atoms with Crippen LogP contribution in [0.25, 0.3) is 0 Å². The maximum atomic E-state index is 11.8. The van der Waals surface area contributed by atoms with Gasteiger partial charge in [-0.3, -0.25) is 0 Å². The number of rotatable bonds is 4. The summed E-state index contributed by atoms with van der Waals surface area (Å²) in [7, 11) is -2.35. The largest absolute Gasteiger partial charge is 0.449 e. The van der Waals surface area contributed by atoms with Gasteiger partial charge in [-0.05, 0) is 26.3 Å². The van der Waals surface area contributed by atoms with Crippen LogP contribution in [-0.4, -0.2) is 51.6 Å². The molecule has 0 spiro atoms. The molecule has 0 aromatic rings. The molecule has 0 saturated carbocycles. The molecular weight excluding hydrogens is 246 g/mol. The van der Waals surface area contributed by atoms with E-state index < -0.39 is 16.3 Å². The summed E-state index contributed by atoms with van der Waals surface area (Å²) >= 11 is 0. The molecule has 1 unspecified atom stereocenters. The lowest BCUT2D eigenvalue weighted by Crippen LogP contribution is -2.51. The number of hydrogen-bond acceptors (Lipinski definition) is 5. The first-order chi connectivity index (χ1) is 7.97. The minimum Gasteiger partial charge on any atom is -0.449 e. The smallest absolute Gasteiger partial charge is 0.421 e. The zero-order valence-corrected chi connectivity index (χ0v) is 10.9. The Balaban J connectivity index is 2.59. The molecule has 0 aromatic carbocycles. The van der Waals surface area contributed by atoms with E-state index in [-0.39, 0.29) is 12.6 Å². The monoisotopic (exact) mass is 265 g/mol. The van der Waals surface area contributed by atoms with Gasteiger partial charge in [0.1, 0.15) is 0 Å². The molecule has 0 radical (unpaired) electrons. The standard InChI is InChI=1S/C9H19N3O4S/c1-3-16-9(13)11-17(14,15)12(2)8-5-4-6-10-7-8/h8,10H,3-7H2,1-2H3,(H,11,13). The molecule has 1 atom stereocenters. The topological polar surface area (TPSA) is 87.7 Å². The molecule has 7 nitrogen and oxygen atoms in total. The Morgan fingerprint density at radius 1 is 1.59 bits per heavy atom. The first kappa shape index (κ1) is 14.2. The maximum absolute atomic E-state index is 11.8. The summed E-state index contributed by atoms with van der Waals surface area (Å²) in [4.78, 5) is 11.1. The van der Waals surface area contributed by atoms with Crippen molar-refractivity contribution in [2.24, 2.45) is 0 Å². The second kappa shape index (κ2) is 6.18. The minimum absolute atomic E-state index is 0.129. The van der Waals surface area contributed by atoms with Gasteiger partial charge in [0.2, 0.25) is 0 Å². The van der Waals surface area contributed by atoms with Crippen LogP contribution in [0.5, 0.6) is 0 Å². The molecule has 0 aliphatic carbocycles. The molecule has 1 aliphatic heterocycles. The number of nitrogens with zero attached hydrogens (tertiary/aromatic N) is 1. The highest BCUT2D eigenvalue weighted by Crippen LogP contribution is 2.11. The molecule has 17 heavy (non-hydrogen) atoms. The first-order valence-electron chi connectivity index (χ1n) is 5.60. The Labute approximate surface area is 102 Å². The minimum atomic E-state index is -3.81. The third-order valence-corrected chi connectivity index (χ3v) is 4.13. The van der Waals surface area contributed by atoms with Gasteiger partial charge in [-0.1, -0.05) is 0 Å². The molecule has 1 aliphatic rings. The summed E-state index contributed by atoms with van der Waals surface area (Å²) < 4.78 is 31.2. The third kappa shape index (κ3) is 4.14. The van der Waals surface area contributed by atoms with Crippen molar-refractivity contribution in [3.05, 3.63) is 0 Å². The van der Waals surface area contributed by atoms with Crippen molar-refractivity contribution in [2.45, 2.75) is 25.8 Å². The Morgan fingerprint density at radius 3 is 2.82 bits per heavy atom. The SMILES string of the molecule is CCOC(=O)NS(=O)(=O)N(C)C1CCCNC1. The Morgan fingerprint density at radius 2 is 2.29 bits per heavy atom. The van der Waals surface area contributed by atoms with Gasteiger partial charge in [-0.2, -0.15) is 12.7 Å². The highest BCUT2D eigenvalue weighted by atomic mass is 32.2. The van der Waals surface area contributed by atoms with Gasteiger partial charge in [0.15, 0.2) is 0 Å². The quantitative estimate of drug-likeness (QED) is 0.726. The van der Waals surface area contributed by atoms with Crippen LogP contribution >= 0.6 is 0 Å². The highest BCUT2D eigenvalue weighted by Gasteiger charge is 2.29. The summed E-state index contributed by atoms with van der Waals surface area (Å²) in [5.74, 6) is 0. The summed E-state index contributed by atoms with van der Waals surface area (Å²) in [6.45, 7) is 3.24. The van der Waals surface area contributed by atoms with Crippen LogP contribution in [0.2, 0.25) is 0 Å². The molecule has 0 aromatic heterocycles. The fraction of sp³-hybridized carbons (Fsp3) is 0.889. The number of nitrogens with one attached hydrogen (secondary N) is 2. The normalized spacial score (nSPS) is 21.2. The zero-order valence-electron chi connectivity index (χ0n) is 10.1. The van der Waals surface area contributed by atoms with Crippen LogP contribution < -0.4 is 10.0 Å². The summed E-state index contributed by atoms with van der Waals surface area (Å²) in [6, 6.07) is -0.129. The molecule has 0 bridgehead atoms. The predicted molar refractivity (Wildman–Crippen MR) is 62.7 cm³/mol. The molecule has 1 fully saturated rings. The van der Waals surface area contributed by atoms with Crippen LogP contribution in [0.15, 0.2) is 0 Å². The van der Waals surface area contributed by atoms with E-state index in [0.29, 0.717) is 6.54 Å². The molecule has 8 heteroatoms. The van der Waals surface area contributed by atoms with Crippen LogP contribution in [0, 0.1) is 0 Å². The Hall–Kier alpha value is -0.860. The van der Waals surface area contributed by atoms with E-state index in [0.717, 1.165) is 19.4 Å². The van der Waals surface area contributed by atoms with Crippen molar-refractivity contribution in [2.75, 3.05) is 26.7 Å². The van der Waals surface area contributed by atoms with E-state index in [1.165, 1.54) is 11.4 Å². The van der Waals surface area contributed by atoms with Crippen molar-refractivity contribution in [1.82, 2.24) is 14.3 Å². The number of carbonyl (C=O) groups excluding carboxylic acids is 1. The maximum Gasteiger partial charge on any atom is 0.421 e. The van der Waals surface area contributed by atoms with Crippen molar-refractivity contribution in [3.63, 3.8) is 0 Å². The second-order valence-corrected chi connectivity index (χ2v) is 5.57. The van der Waals surface area contributed by atoms with E-state index in [1.807, 2.05) is 4.72 Å². The molecule has 1 heterocycles. The van der Waals surface area contributed by atoms with Gasteiger partial charge >= 0.3 is 16.3 Å². The number of carbonyl (C=O) groups is 1. The fourth-order valence-electron chi connectivity index (χ4n) is 1.68. The van der Waals surface area contributed by atoms with Crippen molar-refractivity contribution in [3.8, 4) is 0 Å². The van der Waals surface area contributed by atoms with E-state index >= 15 is 0 Å². The van der Waals surface area contributed by atoms with Crippen LogP contribution in [0.1, 0.15) is 19.8 Å². The van der Waals surface area contributed by atoms with Gasteiger partial charge in [0, 0.05) is 19.6 Å². The van der Waals surface area contributed by atoms with Crippen LogP contribution in [0.3, 0.4) is 0 Å². The second-order valence-electron chi connectivity index (χ2n) is 3.84. The lowest BCUT2D eigenvalue weighted by Gasteiger charge is -2.30. The molecular formula is C9H19N3O4S. The average molecular weight is 265 g/mol. The number of hydrogen-bond donors (Lipinski definition) is 2. The van der Waals surface area contributed by atoms with E-state index in [4.69, 9.17) is 0 Å². The van der Waals surface area contributed by atoms with Gasteiger partial charge in [0.25, 0.3) is 0 Å². The fourth-order valence-corrected chi connectivity index (χ4v) is 2.66. The highest BCUT2D eigenvalue weighted by molar-refractivity contribution is 7.87. The number of amides is 1. The van der Waals surface area contributed by atoms with E-state index in [2.05, 4.69) is 10.1 Å². The predicted octanol–water partition coefficient (Wildman–Crippen LogP) is -0.339. The van der Waals surface area contributed by atoms with Gasteiger partial charge in [0.05, 0.1) is 6.61 Å². The lowest BCUT2D eigenvalue weighted by atomic mass is 10.1. The van der Waals surface area contributed by atoms with Gasteiger partial charge < -0.3 is 10.1 Å². The average Bonchev–Trinajstić information content (AvgIpc) is 2.28. The molecule has 1 amide bonds. The van der Waals surface area contributed by atoms with Crippen molar-refractivity contribution in [1.29, 1.82) is 0 Å². The Bertz CT molecular complexity index is 351. The number of piperidine rings is 1. The van der Waals surface area contributed by atoms with Crippen LogP contribution in [-0.2, 0) is 14.9 Å². The number of ether oxygens (including phenoxy) is 1. The lowest BCUT2D eigenvalue weighted by molar-refractivity contribution is 0.157. The van der Waals surface area contributed by atoms with E-state index in [1.54, 1.807) is 6.92 Å². The van der Waals surface area contributed by atoms with E-state index in [9.17, 15) is 13.2 Å². The Kier molecular flexibility index (Phi) is 5.16. The molecule has 1 rings (SSSR count). The summed E-state index contributed by atoms with van der Waals surface area (Å²) in [6.07, 6.45) is 0.764. The molecule has 1 saturated heterocycles. The third-order valence-electron chi connectivity index (χ3n) is 2.65. The summed E-state index contributed by atoms with van der Waals surface area (Å²) in [5.41, 5.74) is 0. The van der Waals surface area contributed by atoms with Crippen molar-refractivity contribution >= 4 is 16.3 Å². The van der Waals surface area contributed by atoms with Crippen LogP contribution in [0.4, 0.5) is 4.79 Å². The first-order valence-corrected chi connectivity index (χ1v) is 7.04.